The third kappa shape index (κ3) is 6.17. The van der Waals surface area contributed by atoms with Crippen molar-refractivity contribution in [3.8, 4) is 0 Å². The van der Waals surface area contributed by atoms with Crippen LogP contribution in [0.4, 0.5) is 0 Å². The molecule has 4 atom stereocenters. The lowest BCUT2D eigenvalue weighted by Crippen LogP contribution is -2.33. The Bertz CT molecular complexity index is 771. The van der Waals surface area contributed by atoms with E-state index in [9.17, 15) is 14.4 Å². The summed E-state index contributed by atoms with van der Waals surface area (Å²) in [6.45, 7) is 2.68. The molecular formula is C13H21ClN6O6. The fraction of sp³-hybridized carbons (Fsp3) is 0.615. The van der Waals surface area contributed by atoms with E-state index in [0.717, 1.165) is 0 Å². The van der Waals surface area contributed by atoms with E-state index in [1.165, 1.54) is 17.7 Å². The number of aromatic nitrogens is 2. The Morgan fingerprint density at radius 1 is 1.62 bits per heavy atom. The maximum Gasteiger partial charge on any atom is 0.330 e. The van der Waals surface area contributed by atoms with Crippen molar-refractivity contribution in [2.75, 3.05) is 6.61 Å². The number of hydrogen-bond donors (Lipinski definition) is 4. The topological polar surface area (TPSA) is 196 Å². The SMILES string of the molecule is C[C@H](N)C(=O)O.Cc1cn([C@H]2C[C@H](N=[N+]=[N-])[C@@H](CO)O2)c(=O)[nH]c1=O.Cl. The molecule has 1 aliphatic heterocycles. The van der Waals surface area contributed by atoms with Gasteiger partial charge in [0, 0.05) is 23.1 Å². The first-order valence-electron chi connectivity index (χ1n) is 7.32. The number of hydrogen-bond acceptors (Lipinski definition) is 7. The van der Waals surface area contributed by atoms with Gasteiger partial charge in [0.1, 0.15) is 12.3 Å². The number of carbonyl (C=O) groups is 1. The number of nitrogens with zero attached hydrogens (tertiary/aromatic N) is 4. The third-order valence-corrected chi connectivity index (χ3v) is 3.43. The molecule has 26 heavy (non-hydrogen) atoms. The molecular weight excluding hydrogens is 372 g/mol. The number of nitrogens with two attached hydrogens (primary N) is 1. The lowest BCUT2D eigenvalue weighted by atomic mass is 10.1. The number of aliphatic hydroxyl groups excluding tert-OH is 1. The van der Waals surface area contributed by atoms with Gasteiger partial charge in [0.15, 0.2) is 0 Å². The largest absolute Gasteiger partial charge is 0.480 e. The Balaban J connectivity index is 0.000000777. The van der Waals surface area contributed by atoms with Crippen molar-refractivity contribution < 1.29 is 19.7 Å². The first-order valence-corrected chi connectivity index (χ1v) is 7.32. The minimum absolute atomic E-state index is 0. The molecule has 0 saturated carbocycles. The van der Waals surface area contributed by atoms with Gasteiger partial charge in [-0.15, -0.1) is 12.4 Å². The van der Waals surface area contributed by atoms with Gasteiger partial charge in [-0.2, -0.15) is 0 Å². The molecule has 0 unspecified atom stereocenters. The quantitative estimate of drug-likeness (QED) is 0.304. The Hall–Kier alpha value is -2.37. The molecule has 1 fully saturated rings. The number of aromatic amines is 1. The van der Waals surface area contributed by atoms with Crippen LogP contribution in [0.1, 0.15) is 25.1 Å². The summed E-state index contributed by atoms with van der Waals surface area (Å²) in [6.07, 6.45) is 0.329. The highest BCUT2D eigenvalue weighted by molar-refractivity contribution is 5.85. The highest BCUT2D eigenvalue weighted by atomic mass is 35.5. The predicted octanol–water partition coefficient (Wildman–Crippen LogP) is -0.356. The van der Waals surface area contributed by atoms with Gasteiger partial charge in [-0.25, -0.2) is 4.79 Å². The fourth-order valence-electron chi connectivity index (χ4n) is 2.04. The molecule has 0 bridgehead atoms. The van der Waals surface area contributed by atoms with E-state index in [4.69, 9.17) is 26.2 Å². The van der Waals surface area contributed by atoms with Crippen molar-refractivity contribution in [2.45, 2.75) is 44.7 Å². The summed E-state index contributed by atoms with van der Waals surface area (Å²) in [5, 5.41) is 20.5. The number of H-pyrrole nitrogens is 1. The van der Waals surface area contributed by atoms with Crippen molar-refractivity contribution in [3.63, 3.8) is 0 Å². The standard InChI is InChI=1S/C10H13N5O4.C3H7NO2.ClH/c1-5-3-15(10(18)12-9(5)17)8-2-6(13-14-11)7(4-16)19-8;1-2(4)3(5)6;/h3,6-8,16H,2,4H2,1H3,(H,12,17,18);2H,4H2,1H3,(H,5,6);1H/t6-,7+,8+;2-;/m00./s1. The van der Waals surface area contributed by atoms with Crippen LogP contribution in [0.2, 0.25) is 0 Å². The maximum absolute atomic E-state index is 11.7. The number of azide groups is 1. The normalized spacial score (nSPS) is 22.2. The molecule has 146 valence electrons. The number of carboxylic acids is 1. The van der Waals surface area contributed by atoms with Crippen molar-refractivity contribution >= 4 is 18.4 Å². The van der Waals surface area contributed by atoms with E-state index in [0.29, 0.717) is 5.56 Å². The van der Waals surface area contributed by atoms with Gasteiger partial charge in [-0.3, -0.25) is 19.1 Å². The Morgan fingerprint density at radius 2 is 2.19 bits per heavy atom. The molecule has 0 spiro atoms. The Labute approximate surface area is 153 Å². The number of halogens is 1. The van der Waals surface area contributed by atoms with Crippen LogP contribution < -0.4 is 17.0 Å². The number of aryl methyl sites for hydroxylation is 1. The van der Waals surface area contributed by atoms with E-state index >= 15 is 0 Å². The summed E-state index contributed by atoms with van der Waals surface area (Å²) in [4.78, 5) is 37.4. The van der Waals surface area contributed by atoms with Crippen LogP contribution >= 0.6 is 12.4 Å². The molecule has 0 amide bonds. The molecule has 1 aromatic rings. The van der Waals surface area contributed by atoms with Gasteiger partial charge >= 0.3 is 11.7 Å². The molecule has 0 aromatic carbocycles. The summed E-state index contributed by atoms with van der Waals surface area (Å²) >= 11 is 0. The fourth-order valence-corrected chi connectivity index (χ4v) is 2.04. The van der Waals surface area contributed by atoms with Crippen LogP contribution in [0.15, 0.2) is 20.9 Å². The molecule has 13 heteroatoms. The molecule has 0 radical (unpaired) electrons. The van der Waals surface area contributed by atoms with Gasteiger partial charge in [0.2, 0.25) is 0 Å². The summed E-state index contributed by atoms with van der Waals surface area (Å²) in [5.41, 5.74) is 12.6. The zero-order chi connectivity index (χ0) is 19.1. The van der Waals surface area contributed by atoms with Crippen molar-refractivity contribution in [1.82, 2.24) is 9.55 Å². The van der Waals surface area contributed by atoms with Gasteiger partial charge in [0.25, 0.3) is 5.56 Å². The number of rotatable bonds is 4. The second-order valence-corrected chi connectivity index (χ2v) is 5.43. The highest BCUT2D eigenvalue weighted by Gasteiger charge is 2.35. The minimum Gasteiger partial charge on any atom is -0.480 e. The number of aliphatic carboxylic acids is 1. The molecule has 1 aromatic heterocycles. The number of ether oxygens (including phenoxy) is 1. The van der Waals surface area contributed by atoms with Crippen molar-refractivity contribution in [3.05, 3.63) is 43.0 Å². The molecule has 1 aliphatic rings. The van der Waals surface area contributed by atoms with E-state index in [1.807, 2.05) is 0 Å². The van der Waals surface area contributed by atoms with Gasteiger partial charge < -0.3 is 20.7 Å². The predicted molar refractivity (Wildman–Crippen MR) is 93.1 cm³/mol. The lowest BCUT2D eigenvalue weighted by Gasteiger charge is -2.14. The number of carboxylic acid groups (broad SMARTS) is 1. The average Bonchev–Trinajstić information content (AvgIpc) is 2.94. The zero-order valence-corrected chi connectivity index (χ0v) is 14.9. The first kappa shape index (κ1) is 23.6. The van der Waals surface area contributed by atoms with Crippen LogP contribution in [0, 0.1) is 6.92 Å². The summed E-state index contributed by atoms with van der Waals surface area (Å²) in [7, 11) is 0. The number of aliphatic hydroxyl groups is 1. The maximum atomic E-state index is 11.7. The first-order chi connectivity index (χ1) is 11.7. The van der Waals surface area contributed by atoms with Crippen LogP contribution in [-0.2, 0) is 9.53 Å². The summed E-state index contributed by atoms with van der Waals surface area (Å²) in [6, 6.07) is -1.27. The molecule has 2 heterocycles. The Kier molecular flexibility index (Phi) is 9.62. The van der Waals surface area contributed by atoms with Gasteiger partial charge in [-0.1, -0.05) is 5.11 Å². The molecule has 1 saturated heterocycles. The van der Waals surface area contributed by atoms with Crippen molar-refractivity contribution in [1.29, 1.82) is 0 Å². The summed E-state index contributed by atoms with van der Waals surface area (Å²) in [5.74, 6) is -0.963. The lowest BCUT2D eigenvalue weighted by molar-refractivity contribution is -0.138. The molecule has 2 rings (SSSR count). The second kappa shape index (κ2) is 10.6. The molecule has 5 N–H and O–H groups in total. The van der Waals surface area contributed by atoms with E-state index in [2.05, 4.69) is 15.0 Å². The monoisotopic (exact) mass is 392 g/mol. The van der Waals surface area contributed by atoms with Gasteiger partial charge in [-0.05, 0) is 19.4 Å². The van der Waals surface area contributed by atoms with Crippen LogP contribution in [-0.4, -0.2) is 50.5 Å². The minimum atomic E-state index is -0.963. The van der Waals surface area contributed by atoms with E-state index in [-0.39, 0.29) is 25.4 Å². The van der Waals surface area contributed by atoms with Gasteiger partial charge in [0.05, 0.1) is 18.8 Å². The second-order valence-electron chi connectivity index (χ2n) is 5.43. The van der Waals surface area contributed by atoms with Crippen LogP contribution in [0.5, 0.6) is 0 Å². The molecule has 12 nitrogen and oxygen atoms in total. The zero-order valence-electron chi connectivity index (χ0n) is 14.1. The van der Waals surface area contributed by atoms with E-state index < -0.39 is 41.6 Å². The number of nitrogens with one attached hydrogen (secondary N) is 1. The summed E-state index contributed by atoms with van der Waals surface area (Å²) < 4.78 is 6.69. The smallest absolute Gasteiger partial charge is 0.330 e. The van der Waals surface area contributed by atoms with E-state index in [1.54, 1.807) is 6.92 Å². The highest BCUT2D eigenvalue weighted by Crippen LogP contribution is 2.29. The van der Waals surface area contributed by atoms with Crippen LogP contribution in [0.25, 0.3) is 10.4 Å². The third-order valence-electron chi connectivity index (χ3n) is 3.43. The van der Waals surface area contributed by atoms with Crippen molar-refractivity contribution in [2.24, 2.45) is 10.8 Å². The molecule has 0 aliphatic carbocycles. The van der Waals surface area contributed by atoms with Crippen LogP contribution in [0.3, 0.4) is 0 Å². The average molecular weight is 393 g/mol. The Morgan fingerprint density at radius 3 is 2.65 bits per heavy atom.